The van der Waals surface area contributed by atoms with E-state index in [-0.39, 0.29) is 5.91 Å². The van der Waals surface area contributed by atoms with Crippen LogP contribution in [-0.4, -0.2) is 43.1 Å². The van der Waals surface area contributed by atoms with Crippen molar-refractivity contribution < 1.29 is 9.53 Å². The van der Waals surface area contributed by atoms with Crippen LogP contribution in [0.4, 0.5) is 0 Å². The summed E-state index contributed by atoms with van der Waals surface area (Å²) in [6, 6.07) is 6.10. The highest BCUT2D eigenvalue weighted by molar-refractivity contribution is 9.10. The van der Waals surface area contributed by atoms with Crippen LogP contribution < -0.4 is 10.1 Å². The molecule has 1 aliphatic rings. The molecule has 1 fully saturated rings. The zero-order valence-corrected chi connectivity index (χ0v) is 13.0. The van der Waals surface area contributed by atoms with Crippen LogP contribution in [-0.2, 0) is 0 Å². The number of piperazine rings is 1. The molecule has 5 heteroatoms. The van der Waals surface area contributed by atoms with Crippen molar-refractivity contribution in [3.8, 4) is 5.75 Å². The van der Waals surface area contributed by atoms with Crippen LogP contribution >= 0.6 is 15.9 Å². The van der Waals surface area contributed by atoms with E-state index in [4.69, 9.17) is 4.74 Å². The minimum absolute atomic E-state index is 0.0472. The number of benzene rings is 1. The fourth-order valence-electron chi connectivity index (χ4n) is 2.46. The number of nitrogens with one attached hydrogen (secondary N) is 1. The second-order valence-corrected chi connectivity index (χ2v) is 5.88. The fourth-order valence-corrected chi connectivity index (χ4v) is 2.87. The second kappa shape index (κ2) is 5.92. The molecule has 2 rings (SSSR count). The highest BCUT2D eigenvalue weighted by atomic mass is 79.9. The molecule has 1 heterocycles. The Morgan fingerprint density at radius 1 is 1.37 bits per heavy atom. The van der Waals surface area contributed by atoms with E-state index in [2.05, 4.69) is 35.1 Å². The van der Waals surface area contributed by atoms with Gasteiger partial charge in [-0.3, -0.25) is 4.79 Å². The van der Waals surface area contributed by atoms with Crippen molar-refractivity contribution in [1.82, 2.24) is 10.2 Å². The number of hydrogen-bond donors (Lipinski definition) is 1. The maximum atomic E-state index is 12.6. The van der Waals surface area contributed by atoms with Crippen molar-refractivity contribution in [2.24, 2.45) is 0 Å². The van der Waals surface area contributed by atoms with Crippen molar-refractivity contribution in [2.75, 3.05) is 20.2 Å². The number of carbonyl (C=O) groups excluding carboxylic acids is 1. The third-order valence-electron chi connectivity index (χ3n) is 3.25. The molecule has 0 bridgehead atoms. The Morgan fingerprint density at radius 2 is 2.00 bits per heavy atom. The van der Waals surface area contributed by atoms with Gasteiger partial charge in [0.05, 0.1) is 12.7 Å². The van der Waals surface area contributed by atoms with Crippen molar-refractivity contribution in [3.05, 3.63) is 28.2 Å². The molecule has 0 radical (unpaired) electrons. The van der Waals surface area contributed by atoms with Crippen molar-refractivity contribution in [1.29, 1.82) is 0 Å². The lowest BCUT2D eigenvalue weighted by Gasteiger charge is -2.36. The van der Waals surface area contributed by atoms with Crippen LogP contribution in [0.2, 0.25) is 0 Å². The van der Waals surface area contributed by atoms with Gasteiger partial charge in [-0.15, -0.1) is 0 Å². The van der Waals surface area contributed by atoms with Gasteiger partial charge in [0.2, 0.25) is 0 Å². The molecule has 1 amide bonds. The molecule has 2 atom stereocenters. The molecule has 4 nitrogen and oxygen atoms in total. The summed E-state index contributed by atoms with van der Waals surface area (Å²) < 4.78 is 5.99. The van der Waals surface area contributed by atoms with Crippen LogP contribution in [0.3, 0.4) is 0 Å². The van der Waals surface area contributed by atoms with E-state index in [0.29, 0.717) is 23.4 Å². The Labute approximate surface area is 122 Å². The Bertz CT molecular complexity index is 469. The molecular formula is C14H19BrN2O2. The third-order valence-corrected chi connectivity index (χ3v) is 3.94. The standard InChI is InChI=1S/C14H19BrN2O2/c1-9-7-17(8-10(2)16-9)14(18)12-6-11(19-3)4-5-13(12)15/h4-6,9-10,16H,7-8H2,1-3H3. The van der Waals surface area contributed by atoms with Gasteiger partial charge in [-0.1, -0.05) is 0 Å². The summed E-state index contributed by atoms with van der Waals surface area (Å²) in [5.74, 6) is 0.744. The number of amides is 1. The second-order valence-electron chi connectivity index (χ2n) is 5.02. The zero-order chi connectivity index (χ0) is 14.0. The Morgan fingerprint density at radius 3 is 2.58 bits per heavy atom. The largest absolute Gasteiger partial charge is 0.497 e. The first-order chi connectivity index (χ1) is 9.01. The van der Waals surface area contributed by atoms with Gasteiger partial charge < -0.3 is 15.0 Å². The maximum Gasteiger partial charge on any atom is 0.255 e. The van der Waals surface area contributed by atoms with Crippen molar-refractivity contribution >= 4 is 21.8 Å². The summed E-state index contributed by atoms with van der Waals surface area (Å²) in [7, 11) is 1.60. The topological polar surface area (TPSA) is 41.6 Å². The molecule has 1 aromatic carbocycles. The van der Waals surface area contributed by atoms with Crippen LogP contribution in [0.25, 0.3) is 0 Å². The van der Waals surface area contributed by atoms with Crippen molar-refractivity contribution in [3.63, 3.8) is 0 Å². The highest BCUT2D eigenvalue weighted by Crippen LogP contribution is 2.24. The molecule has 0 aliphatic carbocycles. The maximum absolute atomic E-state index is 12.6. The SMILES string of the molecule is COc1ccc(Br)c(C(=O)N2CC(C)NC(C)C2)c1. The lowest BCUT2D eigenvalue weighted by Crippen LogP contribution is -2.55. The number of ether oxygens (including phenoxy) is 1. The molecule has 0 spiro atoms. The van der Waals surface area contributed by atoms with Crippen LogP contribution in [0.15, 0.2) is 22.7 Å². The fraction of sp³-hybridized carbons (Fsp3) is 0.500. The molecule has 1 saturated heterocycles. The van der Waals surface area contributed by atoms with E-state index in [1.165, 1.54) is 0 Å². The average Bonchev–Trinajstić information content (AvgIpc) is 2.37. The number of hydrogen-bond acceptors (Lipinski definition) is 3. The Balaban J connectivity index is 2.23. The first kappa shape index (κ1) is 14.3. The Kier molecular flexibility index (Phi) is 4.47. The van der Waals surface area contributed by atoms with Crippen molar-refractivity contribution in [2.45, 2.75) is 25.9 Å². The summed E-state index contributed by atoms with van der Waals surface area (Å²) in [4.78, 5) is 14.5. The summed E-state index contributed by atoms with van der Waals surface area (Å²) in [5.41, 5.74) is 0.653. The van der Waals surface area contributed by atoms with Crippen LogP contribution in [0, 0.1) is 0 Å². The normalized spacial score (nSPS) is 23.3. The van der Waals surface area contributed by atoms with Crippen LogP contribution in [0.1, 0.15) is 24.2 Å². The first-order valence-electron chi connectivity index (χ1n) is 6.40. The van der Waals surface area contributed by atoms with E-state index >= 15 is 0 Å². The molecular weight excluding hydrogens is 308 g/mol. The molecule has 2 unspecified atom stereocenters. The number of carbonyl (C=O) groups is 1. The summed E-state index contributed by atoms with van der Waals surface area (Å²) >= 11 is 3.44. The third kappa shape index (κ3) is 3.28. The number of nitrogens with zero attached hydrogens (tertiary/aromatic N) is 1. The lowest BCUT2D eigenvalue weighted by atomic mass is 10.1. The first-order valence-corrected chi connectivity index (χ1v) is 7.19. The van der Waals surface area contributed by atoms with E-state index in [9.17, 15) is 4.79 Å². The molecule has 1 aromatic rings. The smallest absolute Gasteiger partial charge is 0.255 e. The summed E-state index contributed by atoms with van der Waals surface area (Å²) in [6.07, 6.45) is 0. The van der Waals surface area contributed by atoms with E-state index in [1.807, 2.05) is 17.0 Å². The quantitative estimate of drug-likeness (QED) is 0.906. The highest BCUT2D eigenvalue weighted by Gasteiger charge is 2.26. The number of methoxy groups -OCH3 is 1. The molecule has 1 aliphatic heterocycles. The van der Waals surface area contributed by atoms with Gasteiger partial charge in [0.15, 0.2) is 0 Å². The number of halogens is 1. The monoisotopic (exact) mass is 326 g/mol. The van der Waals surface area contributed by atoms with Gasteiger partial charge in [0, 0.05) is 29.6 Å². The lowest BCUT2D eigenvalue weighted by molar-refractivity contribution is 0.0672. The molecule has 0 aromatic heterocycles. The van der Waals surface area contributed by atoms with E-state index in [1.54, 1.807) is 13.2 Å². The summed E-state index contributed by atoms with van der Waals surface area (Å²) in [6.45, 7) is 5.65. The molecule has 104 valence electrons. The van der Waals surface area contributed by atoms with E-state index < -0.39 is 0 Å². The molecule has 19 heavy (non-hydrogen) atoms. The van der Waals surface area contributed by atoms with Crippen LogP contribution in [0.5, 0.6) is 5.75 Å². The number of rotatable bonds is 2. The zero-order valence-electron chi connectivity index (χ0n) is 11.4. The van der Waals surface area contributed by atoms with Gasteiger partial charge in [0.25, 0.3) is 5.91 Å². The van der Waals surface area contributed by atoms with Gasteiger partial charge >= 0.3 is 0 Å². The predicted octanol–water partition coefficient (Wildman–Crippen LogP) is 2.28. The minimum atomic E-state index is 0.0472. The van der Waals surface area contributed by atoms with Gasteiger partial charge in [-0.25, -0.2) is 0 Å². The van der Waals surface area contributed by atoms with E-state index in [0.717, 1.165) is 17.6 Å². The predicted molar refractivity (Wildman–Crippen MR) is 78.7 cm³/mol. The average molecular weight is 327 g/mol. The molecule has 1 N–H and O–H groups in total. The van der Waals surface area contributed by atoms with Gasteiger partial charge in [0.1, 0.15) is 5.75 Å². The minimum Gasteiger partial charge on any atom is -0.497 e. The molecule has 0 saturated carbocycles. The van der Waals surface area contributed by atoms with Gasteiger partial charge in [-0.2, -0.15) is 0 Å². The van der Waals surface area contributed by atoms with Gasteiger partial charge in [-0.05, 0) is 48.0 Å². The Hall–Kier alpha value is -1.07. The summed E-state index contributed by atoms with van der Waals surface area (Å²) in [5, 5.41) is 3.42.